The highest BCUT2D eigenvalue weighted by atomic mass is 35.5. The first-order valence-electron chi connectivity index (χ1n) is 5.88. The molecule has 6 nitrogen and oxygen atoms in total. The van der Waals surface area contributed by atoms with Crippen molar-refractivity contribution >= 4 is 22.4 Å². The lowest BCUT2D eigenvalue weighted by atomic mass is 10.3. The van der Waals surface area contributed by atoms with Crippen molar-refractivity contribution in [1.29, 1.82) is 0 Å². The van der Waals surface area contributed by atoms with Gasteiger partial charge in [-0.05, 0) is 19.2 Å². The van der Waals surface area contributed by atoms with Gasteiger partial charge in [0, 0.05) is 13.1 Å². The molecular formula is C12H17ClN4O2S. The predicted octanol–water partition coefficient (Wildman–Crippen LogP) is 0.792. The van der Waals surface area contributed by atoms with E-state index in [4.69, 9.17) is 0 Å². The second-order valence-electron chi connectivity index (χ2n) is 3.96. The van der Waals surface area contributed by atoms with Gasteiger partial charge in [0.1, 0.15) is 4.90 Å². The lowest BCUT2D eigenvalue weighted by Gasteiger charge is -2.03. The van der Waals surface area contributed by atoms with Gasteiger partial charge in [-0.25, -0.2) is 17.8 Å². The van der Waals surface area contributed by atoms with Gasteiger partial charge in [0.15, 0.2) is 0 Å². The molecule has 2 aromatic rings. The standard InChI is InChI=1S/C12H16N4O2S.ClH/c1-13-7-8-15-19(17,18)12-9-14-16(10-12)11-5-3-2-4-6-11;/h2-6,9-10,13,15H,7-8H2,1H3;1H. The highest BCUT2D eigenvalue weighted by Crippen LogP contribution is 2.11. The number of para-hydroxylation sites is 1. The van der Waals surface area contributed by atoms with Crippen LogP contribution in [0.2, 0.25) is 0 Å². The molecule has 0 saturated carbocycles. The Morgan fingerprint density at radius 2 is 1.90 bits per heavy atom. The van der Waals surface area contributed by atoms with E-state index in [1.54, 1.807) is 7.05 Å². The maximum absolute atomic E-state index is 12.0. The Kier molecular flexibility index (Phi) is 6.15. The van der Waals surface area contributed by atoms with Crippen LogP contribution in [-0.4, -0.2) is 38.3 Å². The van der Waals surface area contributed by atoms with Crippen molar-refractivity contribution in [2.45, 2.75) is 4.90 Å². The van der Waals surface area contributed by atoms with Gasteiger partial charge in [0.05, 0.1) is 18.1 Å². The highest BCUT2D eigenvalue weighted by Gasteiger charge is 2.15. The summed E-state index contributed by atoms with van der Waals surface area (Å²) in [5.74, 6) is 0. The summed E-state index contributed by atoms with van der Waals surface area (Å²) >= 11 is 0. The van der Waals surface area contributed by atoms with Crippen LogP contribution in [-0.2, 0) is 10.0 Å². The molecule has 2 N–H and O–H groups in total. The van der Waals surface area contributed by atoms with E-state index in [0.29, 0.717) is 13.1 Å². The summed E-state index contributed by atoms with van der Waals surface area (Å²) in [6.45, 7) is 0.918. The second-order valence-corrected chi connectivity index (χ2v) is 5.72. The zero-order chi connectivity index (χ0) is 13.7. The number of benzene rings is 1. The number of hydrogen-bond acceptors (Lipinski definition) is 4. The highest BCUT2D eigenvalue weighted by molar-refractivity contribution is 7.89. The lowest BCUT2D eigenvalue weighted by Crippen LogP contribution is -2.30. The minimum Gasteiger partial charge on any atom is -0.318 e. The topological polar surface area (TPSA) is 76.0 Å². The minimum absolute atomic E-state index is 0. The van der Waals surface area contributed by atoms with E-state index in [1.807, 2.05) is 30.3 Å². The van der Waals surface area contributed by atoms with Gasteiger partial charge in [0.2, 0.25) is 10.0 Å². The number of likely N-dealkylation sites (N-methyl/N-ethyl adjacent to an activating group) is 1. The molecule has 0 fully saturated rings. The van der Waals surface area contributed by atoms with Crippen LogP contribution in [0.4, 0.5) is 0 Å². The fourth-order valence-electron chi connectivity index (χ4n) is 1.56. The Balaban J connectivity index is 0.00000200. The van der Waals surface area contributed by atoms with E-state index in [9.17, 15) is 8.42 Å². The van der Waals surface area contributed by atoms with Crippen LogP contribution in [0.15, 0.2) is 47.6 Å². The number of halogens is 1. The van der Waals surface area contributed by atoms with E-state index in [-0.39, 0.29) is 17.3 Å². The fourth-order valence-corrected chi connectivity index (χ4v) is 2.52. The molecule has 2 rings (SSSR count). The molecule has 0 saturated heterocycles. The van der Waals surface area contributed by atoms with E-state index in [1.165, 1.54) is 17.1 Å². The Labute approximate surface area is 124 Å². The van der Waals surface area contributed by atoms with E-state index in [2.05, 4.69) is 15.1 Å². The molecule has 0 aliphatic heterocycles. The summed E-state index contributed by atoms with van der Waals surface area (Å²) in [6.07, 6.45) is 2.84. The third-order valence-electron chi connectivity index (χ3n) is 2.56. The van der Waals surface area contributed by atoms with Gasteiger partial charge < -0.3 is 5.32 Å². The van der Waals surface area contributed by atoms with Gasteiger partial charge >= 0.3 is 0 Å². The molecule has 0 unspecified atom stereocenters. The average Bonchev–Trinajstić information content (AvgIpc) is 2.90. The van der Waals surface area contributed by atoms with Gasteiger partial charge in [-0.2, -0.15) is 5.10 Å². The summed E-state index contributed by atoms with van der Waals surface area (Å²) < 4.78 is 28.0. The smallest absolute Gasteiger partial charge is 0.243 e. The number of nitrogens with zero attached hydrogens (tertiary/aromatic N) is 2. The molecule has 0 spiro atoms. The number of aromatic nitrogens is 2. The van der Waals surface area contributed by atoms with Gasteiger partial charge in [-0.15, -0.1) is 12.4 Å². The molecule has 0 radical (unpaired) electrons. The van der Waals surface area contributed by atoms with E-state index in [0.717, 1.165) is 5.69 Å². The molecule has 110 valence electrons. The molecule has 0 aliphatic rings. The van der Waals surface area contributed by atoms with E-state index >= 15 is 0 Å². The largest absolute Gasteiger partial charge is 0.318 e. The number of sulfonamides is 1. The SMILES string of the molecule is CNCCNS(=O)(=O)c1cnn(-c2ccccc2)c1.Cl. The quantitative estimate of drug-likeness (QED) is 0.773. The van der Waals surface area contributed by atoms with Crippen molar-refractivity contribution in [3.63, 3.8) is 0 Å². The first kappa shape index (κ1) is 16.6. The first-order chi connectivity index (χ1) is 9.13. The molecule has 1 aromatic heterocycles. The summed E-state index contributed by atoms with van der Waals surface area (Å²) in [6, 6.07) is 9.35. The molecule has 0 atom stereocenters. The van der Waals surface area contributed by atoms with Crippen LogP contribution in [0.1, 0.15) is 0 Å². The summed E-state index contributed by atoms with van der Waals surface area (Å²) in [5.41, 5.74) is 0.819. The number of nitrogens with one attached hydrogen (secondary N) is 2. The maximum atomic E-state index is 12.0. The zero-order valence-corrected chi connectivity index (χ0v) is 12.6. The molecule has 1 heterocycles. The van der Waals surface area contributed by atoms with Crippen molar-refractivity contribution in [3.05, 3.63) is 42.7 Å². The van der Waals surface area contributed by atoms with Gasteiger partial charge in [-0.1, -0.05) is 18.2 Å². The third kappa shape index (κ3) is 4.04. The van der Waals surface area contributed by atoms with Crippen LogP contribution in [0.5, 0.6) is 0 Å². The predicted molar refractivity (Wildman–Crippen MR) is 79.9 cm³/mol. The summed E-state index contributed by atoms with van der Waals surface area (Å²) in [5, 5.41) is 6.94. The Morgan fingerprint density at radius 1 is 1.20 bits per heavy atom. The Hall–Kier alpha value is -1.41. The van der Waals surface area contributed by atoms with E-state index < -0.39 is 10.0 Å². The average molecular weight is 317 g/mol. The van der Waals surface area contributed by atoms with Crippen LogP contribution in [0.3, 0.4) is 0 Å². The molecule has 0 aliphatic carbocycles. The molecule has 0 amide bonds. The normalized spacial score (nSPS) is 11.1. The molecule has 20 heavy (non-hydrogen) atoms. The summed E-state index contributed by atoms with van der Waals surface area (Å²) in [4.78, 5) is 0.160. The van der Waals surface area contributed by atoms with Crippen molar-refractivity contribution in [3.8, 4) is 5.69 Å². The van der Waals surface area contributed by atoms with Gasteiger partial charge in [-0.3, -0.25) is 0 Å². The summed E-state index contributed by atoms with van der Waals surface area (Å²) in [7, 11) is -1.73. The minimum atomic E-state index is -3.49. The van der Waals surface area contributed by atoms with Crippen molar-refractivity contribution in [1.82, 2.24) is 19.8 Å². The Bertz CT molecular complexity index is 628. The monoisotopic (exact) mass is 316 g/mol. The fraction of sp³-hybridized carbons (Fsp3) is 0.250. The maximum Gasteiger partial charge on any atom is 0.243 e. The third-order valence-corrected chi connectivity index (χ3v) is 3.97. The molecule has 0 bridgehead atoms. The van der Waals surface area contributed by atoms with Crippen molar-refractivity contribution in [2.75, 3.05) is 20.1 Å². The number of hydrogen-bond donors (Lipinski definition) is 2. The van der Waals surface area contributed by atoms with Crippen LogP contribution >= 0.6 is 12.4 Å². The van der Waals surface area contributed by atoms with Gasteiger partial charge in [0.25, 0.3) is 0 Å². The van der Waals surface area contributed by atoms with Crippen LogP contribution in [0, 0.1) is 0 Å². The van der Waals surface area contributed by atoms with Crippen LogP contribution < -0.4 is 10.0 Å². The Morgan fingerprint density at radius 3 is 2.55 bits per heavy atom. The zero-order valence-electron chi connectivity index (χ0n) is 11.0. The second kappa shape index (κ2) is 7.39. The van der Waals surface area contributed by atoms with Crippen molar-refractivity contribution < 1.29 is 8.42 Å². The molecule has 1 aromatic carbocycles. The van der Waals surface area contributed by atoms with Crippen molar-refractivity contribution in [2.24, 2.45) is 0 Å². The first-order valence-corrected chi connectivity index (χ1v) is 7.36. The van der Waals surface area contributed by atoms with Crippen LogP contribution in [0.25, 0.3) is 5.69 Å². The molecular weight excluding hydrogens is 300 g/mol. The molecule has 8 heteroatoms. The number of rotatable bonds is 6. The lowest BCUT2D eigenvalue weighted by molar-refractivity contribution is 0.579.